The number of nitrogens with one attached hydrogen (secondary N) is 1. The van der Waals surface area contributed by atoms with Crippen LogP contribution in [0.3, 0.4) is 0 Å². The number of hydrogen-bond donors (Lipinski definition) is 1. The molecule has 1 N–H and O–H groups in total. The van der Waals surface area contributed by atoms with E-state index in [-0.39, 0.29) is 11.6 Å². The molecule has 2 rings (SSSR count). The van der Waals surface area contributed by atoms with Crippen LogP contribution in [-0.2, 0) is 6.54 Å². The average molecular weight is 313 g/mol. The summed E-state index contributed by atoms with van der Waals surface area (Å²) in [5.41, 5.74) is 2.30. The molecule has 0 aliphatic heterocycles. The highest BCUT2D eigenvalue weighted by atomic mass is 79.9. The third-order valence-electron chi connectivity index (χ3n) is 2.51. The first kappa shape index (κ1) is 13.0. The van der Waals surface area contributed by atoms with Crippen molar-refractivity contribution in [1.82, 2.24) is 4.98 Å². The second kappa shape index (κ2) is 5.44. The van der Waals surface area contributed by atoms with Crippen LogP contribution in [0.4, 0.5) is 14.5 Å². The van der Waals surface area contributed by atoms with E-state index < -0.39 is 0 Å². The Kier molecular flexibility index (Phi) is 3.91. The lowest BCUT2D eigenvalue weighted by Crippen LogP contribution is -2.02. The average Bonchev–Trinajstić information content (AvgIpc) is 2.32. The molecule has 2 nitrogen and oxygen atoms in total. The molecule has 0 bridgehead atoms. The van der Waals surface area contributed by atoms with E-state index in [2.05, 4.69) is 26.2 Å². The topological polar surface area (TPSA) is 24.9 Å². The first-order valence-electron chi connectivity index (χ1n) is 5.35. The van der Waals surface area contributed by atoms with Crippen molar-refractivity contribution in [3.05, 3.63) is 57.8 Å². The van der Waals surface area contributed by atoms with Crippen molar-refractivity contribution in [2.45, 2.75) is 13.5 Å². The Morgan fingerprint density at radius 2 is 2.00 bits per heavy atom. The molecule has 5 heteroatoms. The number of benzene rings is 1. The second-order valence-corrected chi connectivity index (χ2v) is 4.80. The van der Waals surface area contributed by atoms with E-state index in [1.165, 1.54) is 12.1 Å². The zero-order valence-corrected chi connectivity index (χ0v) is 11.3. The van der Waals surface area contributed by atoms with Gasteiger partial charge in [-0.1, -0.05) is 0 Å². The van der Waals surface area contributed by atoms with Gasteiger partial charge in [0.2, 0.25) is 0 Å². The third kappa shape index (κ3) is 3.04. The number of aryl methyl sites for hydroxylation is 1. The summed E-state index contributed by atoms with van der Waals surface area (Å²) in [4.78, 5) is 3.75. The van der Waals surface area contributed by atoms with Crippen LogP contribution >= 0.6 is 15.9 Å². The van der Waals surface area contributed by atoms with Crippen molar-refractivity contribution >= 4 is 21.6 Å². The van der Waals surface area contributed by atoms with Gasteiger partial charge in [0, 0.05) is 18.4 Å². The van der Waals surface area contributed by atoms with Crippen molar-refractivity contribution in [2.24, 2.45) is 0 Å². The maximum atomic E-state index is 13.4. The predicted octanol–water partition coefficient (Wildman–Crippen LogP) is 4.04. The minimum absolute atomic E-state index is 0.333. The van der Waals surface area contributed by atoms with Gasteiger partial charge in [0.1, 0.15) is 11.6 Å². The van der Waals surface area contributed by atoms with Crippen LogP contribution in [0.25, 0.3) is 0 Å². The largest absolute Gasteiger partial charge is 0.381 e. The smallest absolute Gasteiger partial charge is 0.141 e. The summed E-state index contributed by atoms with van der Waals surface area (Å²) in [6, 6.07) is 4.50. The van der Waals surface area contributed by atoms with E-state index in [4.69, 9.17) is 0 Å². The van der Waals surface area contributed by atoms with Gasteiger partial charge in [-0.15, -0.1) is 0 Å². The first-order valence-corrected chi connectivity index (χ1v) is 6.14. The number of rotatable bonds is 3. The summed E-state index contributed by atoms with van der Waals surface area (Å²) in [6.45, 7) is 2.27. The molecule has 0 atom stereocenters. The number of anilines is 1. The Balaban J connectivity index is 2.13. The number of nitrogens with zero attached hydrogens (tertiary/aromatic N) is 1. The zero-order chi connectivity index (χ0) is 13.1. The molecule has 0 unspecified atom stereocenters. The van der Waals surface area contributed by atoms with Crippen molar-refractivity contribution in [1.29, 1.82) is 0 Å². The lowest BCUT2D eigenvalue weighted by Gasteiger charge is -2.10. The number of aromatic nitrogens is 1. The molecule has 0 aliphatic carbocycles. The fourth-order valence-electron chi connectivity index (χ4n) is 1.59. The Morgan fingerprint density at radius 1 is 1.22 bits per heavy atom. The summed E-state index contributed by atoms with van der Waals surface area (Å²) in [7, 11) is 0. The van der Waals surface area contributed by atoms with Gasteiger partial charge >= 0.3 is 0 Å². The Bertz CT molecular complexity index is 573. The fraction of sp³-hybridized carbons (Fsp3) is 0.154. The molecule has 18 heavy (non-hydrogen) atoms. The normalized spacial score (nSPS) is 10.4. The maximum Gasteiger partial charge on any atom is 0.141 e. The Morgan fingerprint density at radius 3 is 2.72 bits per heavy atom. The molecular weight excluding hydrogens is 302 g/mol. The number of hydrogen-bond acceptors (Lipinski definition) is 2. The number of pyridine rings is 1. The quantitative estimate of drug-likeness (QED) is 0.925. The highest BCUT2D eigenvalue weighted by molar-refractivity contribution is 9.10. The SMILES string of the molecule is Cc1cc(Br)c(F)cc1NCc1cncc(F)c1. The van der Waals surface area contributed by atoms with E-state index >= 15 is 0 Å². The molecule has 2 aromatic rings. The summed E-state index contributed by atoms with van der Waals surface area (Å²) in [5, 5.41) is 3.06. The molecule has 1 aromatic heterocycles. The molecule has 1 heterocycles. The van der Waals surface area contributed by atoms with Crippen LogP contribution in [-0.4, -0.2) is 4.98 Å². The van der Waals surface area contributed by atoms with Gasteiger partial charge in [-0.05, 0) is 52.2 Å². The molecule has 94 valence electrons. The van der Waals surface area contributed by atoms with Crippen LogP contribution in [0.15, 0.2) is 35.1 Å². The zero-order valence-electron chi connectivity index (χ0n) is 9.67. The Hall–Kier alpha value is -1.49. The third-order valence-corrected chi connectivity index (χ3v) is 3.12. The maximum absolute atomic E-state index is 13.4. The first-order chi connectivity index (χ1) is 8.56. The minimum Gasteiger partial charge on any atom is -0.381 e. The van der Waals surface area contributed by atoms with Gasteiger partial charge in [0.25, 0.3) is 0 Å². The number of halogens is 3. The molecular formula is C13H11BrF2N2. The molecule has 0 spiro atoms. The summed E-state index contributed by atoms with van der Waals surface area (Å²) in [5.74, 6) is -0.714. The van der Waals surface area contributed by atoms with Crippen LogP contribution in [0, 0.1) is 18.6 Å². The van der Waals surface area contributed by atoms with Crippen LogP contribution < -0.4 is 5.32 Å². The molecule has 0 aliphatic rings. The lowest BCUT2D eigenvalue weighted by molar-refractivity contribution is 0.618. The summed E-state index contributed by atoms with van der Waals surface area (Å²) >= 11 is 3.12. The van der Waals surface area contributed by atoms with E-state index in [9.17, 15) is 8.78 Å². The van der Waals surface area contributed by atoms with Gasteiger partial charge in [-0.3, -0.25) is 4.98 Å². The molecule has 1 aromatic carbocycles. The van der Waals surface area contributed by atoms with E-state index in [1.54, 1.807) is 12.3 Å². The van der Waals surface area contributed by atoms with Crippen molar-refractivity contribution in [3.8, 4) is 0 Å². The van der Waals surface area contributed by atoms with Gasteiger partial charge in [0.15, 0.2) is 0 Å². The monoisotopic (exact) mass is 312 g/mol. The van der Waals surface area contributed by atoms with Crippen molar-refractivity contribution in [3.63, 3.8) is 0 Å². The highest BCUT2D eigenvalue weighted by Gasteiger charge is 2.05. The lowest BCUT2D eigenvalue weighted by atomic mass is 10.2. The van der Waals surface area contributed by atoms with Crippen LogP contribution in [0.2, 0.25) is 0 Å². The van der Waals surface area contributed by atoms with Gasteiger partial charge in [-0.2, -0.15) is 0 Å². The van der Waals surface area contributed by atoms with Crippen molar-refractivity contribution < 1.29 is 8.78 Å². The van der Waals surface area contributed by atoms with E-state index in [0.29, 0.717) is 22.3 Å². The van der Waals surface area contributed by atoms with Crippen LogP contribution in [0.5, 0.6) is 0 Å². The minimum atomic E-state index is -0.381. The van der Waals surface area contributed by atoms with Gasteiger partial charge in [0.05, 0.1) is 10.7 Å². The van der Waals surface area contributed by atoms with Crippen molar-refractivity contribution in [2.75, 3.05) is 5.32 Å². The van der Waals surface area contributed by atoms with Gasteiger partial charge in [-0.25, -0.2) is 8.78 Å². The van der Waals surface area contributed by atoms with Crippen LogP contribution in [0.1, 0.15) is 11.1 Å². The molecule has 0 saturated carbocycles. The summed E-state index contributed by atoms with van der Waals surface area (Å²) < 4.78 is 26.8. The van der Waals surface area contributed by atoms with E-state index in [1.807, 2.05) is 6.92 Å². The van der Waals surface area contributed by atoms with Gasteiger partial charge < -0.3 is 5.32 Å². The standard InChI is InChI=1S/C13H11BrF2N2/c1-8-2-11(14)12(16)4-13(8)18-6-9-3-10(15)7-17-5-9/h2-5,7,18H,6H2,1H3. The molecule has 0 fully saturated rings. The highest BCUT2D eigenvalue weighted by Crippen LogP contribution is 2.24. The fourth-order valence-corrected chi connectivity index (χ4v) is 2.04. The second-order valence-electron chi connectivity index (χ2n) is 3.95. The predicted molar refractivity (Wildman–Crippen MR) is 70.4 cm³/mol. The molecule has 0 radical (unpaired) electrons. The molecule has 0 saturated heterocycles. The summed E-state index contributed by atoms with van der Waals surface area (Å²) in [6.07, 6.45) is 2.72. The van der Waals surface area contributed by atoms with E-state index in [0.717, 1.165) is 11.8 Å². The Labute approximate surface area is 112 Å². The molecule has 0 amide bonds.